The van der Waals surface area contributed by atoms with Gasteiger partial charge < -0.3 is 4.90 Å². The second-order valence-corrected chi connectivity index (χ2v) is 11.7. The Balaban J connectivity index is 1.92. The molecule has 0 unspecified atom stereocenters. The third kappa shape index (κ3) is 3.49. The number of carbonyl (C=O) groups is 1. The molecule has 0 saturated heterocycles. The predicted octanol–water partition coefficient (Wildman–Crippen LogP) is 3.81. The maximum absolute atomic E-state index is 13.0. The summed E-state index contributed by atoms with van der Waals surface area (Å²) in [5, 5.41) is 2.73. The first kappa shape index (κ1) is 18.1. The normalized spacial score (nSPS) is 11.2. The van der Waals surface area contributed by atoms with E-state index in [4.69, 9.17) is 0 Å². The maximum Gasteiger partial charge on any atom is 0.195 e. The summed E-state index contributed by atoms with van der Waals surface area (Å²) >= 11 is 0. The lowest BCUT2D eigenvalue weighted by atomic mass is 10.0. The number of carbonyl (C=O) groups excluding carboxylic acids is 1. The zero-order chi connectivity index (χ0) is 18.7. The lowest BCUT2D eigenvalue weighted by molar-refractivity contribution is 0.103. The van der Waals surface area contributed by atoms with Crippen molar-refractivity contribution in [2.24, 2.45) is 0 Å². The Morgan fingerprint density at radius 2 is 1.27 bits per heavy atom. The van der Waals surface area contributed by atoms with Gasteiger partial charge in [0, 0.05) is 30.9 Å². The zero-order valence-corrected chi connectivity index (χ0v) is 16.9. The summed E-state index contributed by atoms with van der Waals surface area (Å²) < 4.78 is 0. The van der Waals surface area contributed by atoms with Gasteiger partial charge in [-0.1, -0.05) is 90.2 Å². The van der Waals surface area contributed by atoms with Crippen LogP contribution < -0.4 is 15.3 Å². The molecule has 0 spiro atoms. The van der Waals surface area contributed by atoms with Crippen molar-refractivity contribution in [3.63, 3.8) is 0 Å². The Morgan fingerprint density at radius 3 is 1.88 bits per heavy atom. The molecular formula is C23H25NOSi. The topological polar surface area (TPSA) is 20.3 Å². The molecule has 0 N–H and O–H groups in total. The van der Waals surface area contributed by atoms with Crippen molar-refractivity contribution in [1.82, 2.24) is 0 Å². The van der Waals surface area contributed by atoms with Crippen LogP contribution in [0.4, 0.5) is 5.69 Å². The summed E-state index contributed by atoms with van der Waals surface area (Å²) in [5.74, 6) is 0.0695. The average Bonchev–Trinajstić information content (AvgIpc) is 2.68. The minimum absolute atomic E-state index is 0.0695. The monoisotopic (exact) mass is 359 g/mol. The van der Waals surface area contributed by atoms with Crippen molar-refractivity contribution < 1.29 is 4.79 Å². The Bertz CT molecular complexity index is 899. The fourth-order valence-corrected chi connectivity index (χ4v) is 5.63. The highest BCUT2D eigenvalue weighted by atomic mass is 28.3. The van der Waals surface area contributed by atoms with E-state index in [0.717, 1.165) is 16.8 Å². The third-order valence-corrected chi connectivity index (χ3v) is 8.55. The Labute approximate surface area is 157 Å². The molecule has 3 heteroatoms. The first-order valence-electron chi connectivity index (χ1n) is 8.88. The standard InChI is InChI=1S/C23H25NOSi/c1-24(2)22-13-9-8-12-21(22)23(25)18-14-16-20(17-15-18)26(3,4)19-10-6-5-7-11-19/h5-17H,1-4H3. The molecular weight excluding hydrogens is 334 g/mol. The van der Waals surface area contributed by atoms with Crippen molar-refractivity contribution >= 4 is 29.9 Å². The summed E-state index contributed by atoms with van der Waals surface area (Å²) in [6, 6.07) is 26.6. The van der Waals surface area contributed by atoms with Crippen LogP contribution in [0.2, 0.25) is 13.1 Å². The molecule has 3 aromatic rings. The summed E-state index contributed by atoms with van der Waals surface area (Å²) in [4.78, 5) is 15.0. The van der Waals surface area contributed by atoms with Gasteiger partial charge in [0.1, 0.15) is 8.07 Å². The number of anilines is 1. The molecule has 0 aliphatic heterocycles. The second-order valence-electron chi connectivity index (χ2n) is 7.31. The molecule has 0 atom stereocenters. The van der Waals surface area contributed by atoms with Crippen LogP contribution >= 0.6 is 0 Å². The summed E-state index contributed by atoms with van der Waals surface area (Å²) in [5.41, 5.74) is 2.42. The molecule has 0 saturated carbocycles. The fraction of sp³-hybridized carbons (Fsp3) is 0.174. The SMILES string of the molecule is CN(C)c1ccccc1C(=O)c1ccc([Si](C)(C)c2ccccc2)cc1. The number of hydrogen-bond acceptors (Lipinski definition) is 2. The van der Waals surface area contributed by atoms with E-state index in [9.17, 15) is 4.79 Å². The largest absolute Gasteiger partial charge is 0.377 e. The van der Waals surface area contributed by atoms with Crippen molar-refractivity contribution in [3.8, 4) is 0 Å². The molecule has 0 fully saturated rings. The lowest BCUT2D eigenvalue weighted by Gasteiger charge is -2.24. The third-order valence-electron chi connectivity index (χ3n) is 4.99. The van der Waals surface area contributed by atoms with Crippen LogP contribution in [0.25, 0.3) is 0 Å². The van der Waals surface area contributed by atoms with Crippen molar-refractivity contribution in [2.45, 2.75) is 13.1 Å². The number of para-hydroxylation sites is 1. The summed E-state index contributed by atoms with van der Waals surface area (Å²) in [6.07, 6.45) is 0. The number of benzene rings is 3. The van der Waals surface area contributed by atoms with Crippen molar-refractivity contribution in [1.29, 1.82) is 0 Å². The Kier molecular flexibility index (Phi) is 5.10. The van der Waals surface area contributed by atoms with E-state index < -0.39 is 8.07 Å². The van der Waals surface area contributed by atoms with Crippen LogP contribution in [0, 0.1) is 0 Å². The average molecular weight is 360 g/mol. The molecule has 0 bridgehead atoms. The van der Waals surface area contributed by atoms with Gasteiger partial charge >= 0.3 is 0 Å². The molecule has 0 amide bonds. The highest BCUT2D eigenvalue weighted by Crippen LogP contribution is 2.21. The van der Waals surface area contributed by atoms with Gasteiger partial charge in [0.25, 0.3) is 0 Å². The molecule has 26 heavy (non-hydrogen) atoms. The number of hydrogen-bond donors (Lipinski definition) is 0. The number of rotatable bonds is 5. The van der Waals surface area contributed by atoms with Gasteiger partial charge in [-0.25, -0.2) is 0 Å². The van der Waals surface area contributed by atoms with E-state index in [1.807, 2.05) is 55.4 Å². The second kappa shape index (κ2) is 7.30. The van der Waals surface area contributed by atoms with Crippen LogP contribution in [0.5, 0.6) is 0 Å². The molecule has 0 radical (unpaired) electrons. The van der Waals surface area contributed by atoms with Crippen LogP contribution in [0.15, 0.2) is 78.9 Å². The zero-order valence-electron chi connectivity index (χ0n) is 15.9. The Morgan fingerprint density at radius 1 is 0.731 bits per heavy atom. The van der Waals surface area contributed by atoms with Gasteiger partial charge in [-0.2, -0.15) is 0 Å². The number of nitrogens with zero attached hydrogens (tertiary/aromatic N) is 1. The predicted molar refractivity (Wildman–Crippen MR) is 114 cm³/mol. The molecule has 2 nitrogen and oxygen atoms in total. The van der Waals surface area contributed by atoms with E-state index in [0.29, 0.717) is 0 Å². The molecule has 132 valence electrons. The fourth-order valence-electron chi connectivity index (χ4n) is 3.27. The number of ketones is 1. The van der Waals surface area contributed by atoms with E-state index in [2.05, 4.69) is 55.6 Å². The lowest BCUT2D eigenvalue weighted by Crippen LogP contribution is -2.52. The highest BCUT2D eigenvalue weighted by molar-refractivity contribution is 7.00. The van der Waals surface area contributed by atoms with Crippen LogP contribution in [0.1, 0.15) is 15.9 Å². The first-order chi connectivity index (χ1) is 12.4. The van der Waals surface area contributed by atoms with Crippen LogP contribution in [-0.2, 0) is 0 Å². The smallest absolute Gasteiger partial charge is 0.195 e. The van der Waals surface area contributed by atoms with E-state index in [1.165, 1.54) is 10.4 Å². The minimum Gasteiger partial charge on any atom is -0.377 e. The van der Waals surface area contributed by atoms with Gasteiger partial charge in [0.05, 0.1) is 0 Å². The molecule has 3 aromatic carbocycles. The maximum atomic E-state index is 13.0. The van der Waals surface area contributed by atoms with Crippen molar-refractivity contribution in [2.75, 3.05) is 19.0 Å². The summed E-state index contributed by atoms with van der Waals surface area (Å²) in [7, 11) is 2.18. The van der Waals surface area contributed by atoms with E-state index >= 15 is 0 Å². The van der Waals surface area contributed by atoms with Gasteiger partial charge in [-0.15, -0.1) is 0 Å². The van der Waals surface area contributed by atoms with Gasteiger partial charge in [-0.3, -0.25) is 4.79 Å². The highest BCUT2D eigenvalue weighted by Gasteiger charge is 2.26. The van der Waals surface area contributed by atoms with Gasteiger partial charge in [-0.05, 0) is 12.1 Å². The quantitative estimate of drug-likeness (QED) is 0.510. The van der Waals surface area contributed by atoms with Gasteiger partial charge in [0.15, 0.2) is 5.78 Å². The molecule has 0 aliphatic carbocycles. The van der Waals surface area contributed by atoms with Crippen LogP contribution in [-0.4, -0.2) is 28.0 Å². The first-order valence-corrected chi connectivity index (χ1v) is 11.9. The van der Waals surface area contributed by atoms with Crippen LogP contribution in [0.3, 0.4) is 0 Å². The minimum atomic E-state index is -1.74. The molecule has 0 aromatic heterocycles. The molecule has 0 aliphatic rings. The molecule has 3 rings (SSSR count). The molecule has 0 heterocycles. The van der Waals surface area contributed by atoms with E-state index in [-0.39, 0.29) is 5.78 Å². The summed E-state index contributed by atoms with van der Waals surface area (Å²) in [6.45, 7) is 4.70. The van der Waals surface area contributed by atoms with Gasteiger partial charge in [0.2, 0.25) is 0 Å². The Hall–Kier alpha value is -2.65. The van der Waals surface area contributed by atoms with Crippen molar-refractivity contribution in [3.05, 3.63) is 90.0 Å². The van der Waals surface area contributed by atoms with E-state index in [1.54, 1.807) is 0 Å².